The van der Waals surface area contributed by atoms with Gasteiger partial charge in [-0.25, -0.2) is 9.97 Å². The summed E-state index contributed by atoms with van der Waals surface area (Å²) in [5.74, 6) is 1.20. The maximum absolute atomic E-state index is 13.0. The summed E-state index contributed by atoms with van der Waals surface area (Å²) in [7, 11) is 0. The van der Waals surface area contributed by atoms with Gasteiger partial charge in [-0.15, -0.1) is 0 Å². The van der Waals surface area contributed by atoms with Gasteiger partial charge in [-0.2, -0.15) is 0 Å². The maximum atomic E-state index is 13.0. The van der Waals surface area contributed by atoms with Gasteiger partial charge in [-0.05, 0) is 61.8 Å². The molecule has 2 atom stereocenters. The highest BCUT2D eigenvalue weighted by Crippen LogP contribution is 2.37. The quantitative estimate of drug-likeness (QED) is 0.600. The van der Waals surface area contributed by atoms with Crippen LogP contribution in [0.2, 0.25) is 0 Å². The lowest BCUT2D eigenvalue weighted by molar-refractivity contribution is -0.121. The third kappa shape index (κ3) is 5.16. The van der Waals surface area contributed by atoms with Crippen molar-refractivity contribution in [2.45, 2.75) is 53.1 Å². The van der Waals surface area contributed by atoms with Crippen molar-refractivity contribution in [3.05, 3.63) is 68.9 Å². The smallest absolute Gasteiger partial charge is 0.293 e. The first-order chi connectivity index (χ1) is 15.8. The summed E-state index contributed by atoms with van der Waals surface area (Å²) < 4.78 is 1.45. The van der Waals surface area contributed by atoms with Gasteiger partial charge in [-0.3, -0.25) is 14.2 Å². The molecule has 0 bridgehead atoms. The van der Waals surface area contributed by atoms with Crippen LogP contribution >= 0.6 is 0 Å². The number of nitrogens with one attached hydrogen (secondary N) is 2. The largest absolute Gasteiger partial charge is 0.384 e. The molecule has 174 valence electrons. The van der Waals surface area contributed by atoms with Crippen molar-refractivity contribution in [2.75, 3.05) is 17.6 Å². The minimum Gasteiger partial charge on any atom is -0.384 e. The average molecular weight is 449 g/mol. The fourth-order valence-electron chi connectivity index (χ4n) is 4.56. The summed E-state index contributed by atoms with van der Waals surface area (Å²) in [4.78, 5) is 34.1. The molecule has 0 aromatic carbocycles. The Labute approximate surface area is 194 Å². The molecule has 1 amide bonds. The molecule has 33 heavy (non-hydrogen) atoms. The highest BCUT2D eigenvalue weighted by atomic mass is 16.2. The number of hydrogen-bond donors (Lipinski definition) is 3. The molecule has 4 rings (SSSR count). The van der Waals surface area contributed by atoms with Crippen LogP contribution in [0.1, 0.15) is 43.1 Å². The van der Waals surface area contributed by atoms with Gasteiger partial charge in [0.2, 0.25) is 5.91 Å². The normalized spacial score (nSPS) is 19.5. The van der Waals surface area contributed by atoms with E-state index in [-0.39, 0.29) is 23.8 Å². The lowest BCUT2D eigenvalue weighted by Crippen LogP contribution is -2.35. The molecule has 0 radical (unpaired) electrons. The molecule has 2 aromatic heterocycles. The first-order valence-electron chi connectivity index (χ1n) is 11.5. The number of nitrogen functional groups attached to an aromatic ring is 1. The number of anilines is 2. The summed E-state index contributed by atoms with van der Waals surface area (Å²) in [5, 5.41) is 6.09. The SMILES string of the molecule is Cc1nc(N)ccc1CNC(=O)Cn1c(C)cnc(NCC2C=C3CCCC3=CC2C)c1=O. The van der Waals surface area contributed by atoms with Crippen molar-refractivity contribution >= 4 is 17.5 Å². The van der Waals surface area contributed by atoms with Gasteiger partial charge in [-0.1, -0.05) is 25.1 Å². The van der Waals surface area contributed by atoms with Gasteiger partial charge in [0, 0.05) is 36.6 Å². The zero-order chi connectivity index (χ0) is 23.5. The number of aryl methyl sites for hydroxylation is 2. The molecular weight excluding hydrogens is 416 g/mol. The molecule has 0 saturated heterocycles. The van der Waals surface area contributed by atoms with Crippen molar-refractivity contribution in [1.29, 1.82) is 0 Å². The van der Waals surface area contributed by atoms with Crippen LogP contribution < -0.4 is 21.9 Å². The number of nitrogens with two attached hydrogens (primary N) is 1. The van der Waals surface area contributed by atoms with E-state index in [2.05, 4.69) is 39.7 Å². The van der Waals surface area contributed by atoms with Crippen LogP contribution in [0.4, 0.5) is 11.6 Å². The Bertz CT molecular complexity index is 1180. The van der Waals surface area contributed by atoms with Crippen LogP contribution in [0.5, 0.6) is 0 Å². The lowest BCUT2D eigenvalue weighted by atomic mass is 9.84. The third-order valence-corrected chi connectivity index (χ3v) is 6.61. The van der Waals surface area contributed by atoms with E-state index < -0.39 is 0 Å². The fraction of sp³-hybridized carbons (Fsp3) is 0.440. The molecule has 8 nitrogen and oxygen atoms in total. The lowest BCUT2D eigenvalue weighted by Gasteiger charge is -2.25. The number of pyridine rings is 1. The van der Waals surface area contributed by atoms with Crippen LogP contribution in [-0.4, -0.2) is 27.0 Å². The molecule has 2 heterocycles. The van der Waals surface area contributed by atoms with E-state index in [1.54, 1.807) is 19.2 Å². The molecule has 1 fully saturated rings. The molecule has 0 aliphatic heterocycles. The number of aromatic nitrogens is 3. The summed E-state index contributed by atoms with van der Waals surface area (Å²) in [6.45, 7) is 6.73. The number of carbonyl (C=O) groups excluding carboxylic acids is 1. The summed E-state index contributed by atoms with van der Waals surface area (Å²) >= 11 is 0. The van der Waals surface area contributed by atoms with E-state index in [0.717, 1.165) is 17.7 Å². The summed E-state index contributed by atoms with van der Waals surface area (Å²) in [6, 6.07) is 3.55. The van der Waals surface area contributed by atoms with Crippen molar-refractivity contribution in [3.63, 3.8) is 0 Å². The van der Waals surface area contributed by atoms with Gasteiger partial charge in [0.15, 0.2) is 5.82 Å². The number of allylic oxidation sites excluding steroid dienone is 3. The van der Waals surface area contributed by atoms with Gasteiger partial charge in [0.05, 0.1) is 0 Å². The number of amides is 1. The van der Waals surface area contributed by atoms with Gasteiger partial charge >= 0.3 is 0 Å². The number of nitrogens with zero attached hydrogens (tertiary/aromatic N) is 3. The van der Waals surface area contributed by atoms with Crippen LogP contribution in [0.3, 0.4) is 0 Å². The average Bonchev–Trinajstić information content (AvgIpc) is 3.22. The predicted octanol–water partition coefficient (Wildman–Crippen LogP) is 2.87. The Hall–Kier alpha value is -3.42. The van der Waals surface area contributed by atoms with E-state index in [1.165, 1.54) is 28.6 Å². The standard InChI is InChI=1S/C25H32N6O2/c1-15-9-18-5-4-6-19(18)10-21(15)13-29-24-25(33)31(16(2)11-28-24)14-23(32)27-12-20-7-8-22(26)30-17(20)3/h7-11,15,21H,4-6,12-14H2,1-3H3,(H2,26,30)(H,27,32)(H,28,29). The molecule has 1 saturated carbocycles. The van der Waals surface area contributed by atoms with Gasteiger partial charge in [0.1, 0.15) is 12.4 Å². The first kappa shape index (κ1) is 22.8. The highest BCUT2D eigenvalue weighted by Gasteiger charge is 2.25. The number of hydrogen-bond acceptors (Lipinski definition) is 6. The Morgan fingerprint density at radius 1 is 1.21 bits per heavy atom. The highest BCUT2D eigenvalue weighted by molar-refractivity contribution is 5.75. The zero-order valence-corrected chi connectivity index (χ0v) is 19.5. The second kappa shape index (κ2) is 9.60. The van der Waals surface area contributed by atoms with Gasteiger partial charge < -0.3 is 16.4 Å². The van der Waals surface area contributed by atoms with E-state index in [1.807, 2.05) is 13.0 Å². The van der Waals surface area contributed by atoms with E-state index in [0.29, 0.717) is 36.4 Å². The maximum Gasteiger partial charge on any atom is 0.293 e. The molecule has 4 N–H and O–H groups in total. The van der Waals surface area contributed by atoms with Crippen molar-refractivity contribution in [2.24, 2.45) is 11.8 Å². The van der Waals surface area contributed by atoms with E-state index in [4.69, 9.17) is 5.73 Å². The van der Waals surface area contributed by atoms with E-state index in [9.17, 15) is 9.59 Å². The zero-order valence-electron chi connectivity index (χ0n) is 19.5. The molecule has 0 spiro atoms. The Morgan fingerprint density at radius 3 is 2.73 bits per heavy atom. The fourth-order valence-corrected chi connectivity index (χ4v) is 4.56. The van der Waals surface area contributed by atoms with Gasteiger partial charge in [0.25, 0.3) is 5.56 Å². The van der Waals surface area contributed by atoms with Crippen molar-refractivity contribution in [1.82, 2.24) is 19.9 Å². The minimum atomic E-state index is -0.288. The molecule has 2 aliphatic carbocycles. The van der Waals surface area contributed by atoms with E-state index >= 15 is 0 Å². The monoisotopic (exact) mass is 448 g/mol. The second-order valence-corrected chi connectivity index (χ2v) is 9.04. The first-order valence-corrected chi connectivity index (χ1v) is 11.5. The van der Waals surface area contributed by atoms with Crippen LogP contribution in [-0.2, 0) is 17.9 Å². The van der Waals surface area contributed by atoms with Crippen LogP contribution in [0, 0.1) is 25.7 Å². The number of fused-ring (bicyclic) bond motifs is 1. The number of rotatable bonds is 7. The Balaban J connectivity index is 1.40. The van der Waals surface area contributed by atoms with Crippen molar-refractivity contribution < 1.29 is 4.79 Å². The Kier molecular flexibility index (Phi) is 6.62. The third-order valence-electron chi connectivity index (χ3n) is 6.61. The predicted molar refractivity (Wildman–Crippen MR) is 130 cm³/mol. The summed E-state index contributed by atoms with van der Waals surface area (Å²) in [6.07, 6.45) is 9.91. The molecule has 2 aromatic rings. The molecule has 8 heteroatoms. The molecule has 2 aliphatic rings. The summed E-state index contributed by atoms with van der Waals surface area (Å²) in [5.41, 5.74) is 10.6. The van der Waals surface area contributed by atoms with Crippen molar-refractivity contribution in [3.8, 4) is 0 Å². The topological polar surface area (TPSA) is 115 Å². The molecule has 2 unspecified atom stereocenters. The minimum absolute atomic E-state index is 0.0701. The van der Waals surface area contributed by atoms with Crippen LogP contribution in [0.25, 0.3) is 0 Å². The Morgan fingerprint density at radius 2 is 1.97 bits per heavy atom. The van der Waals surface area contributed by atoms with Crippen LogP contribution in [0.15, 0.2) is 46.4 Å². The number of carbonyl (C=O) groups is 1. The molecular formula is C25H32N6O2. The second-order valence-electron chi connectivity index (χ2n) is 9.04.